The van der Waals surface area contributed by atoms with Gasteiger partial charge in [0.2, 0.25) is 0 Å². The summed E-state index contributed by atoms with van der Waals surface area (Å²) >= 11 is 4.99. The van der Waals surface area contributed by atoms with E-state index in [2.05, 4.69) is 21.2 Å². The summed E-state index contributed by atoms with van der Waals surface area (Å²) in [7, 11) is 1.30. The Morgan fingerprint density at radius 1 is 1.26 bits per heavy atom. The third-order valence-corrected chi connectivity index (χ3v) is 4.24. The third-order valence-electron chi connectivity index (χ3n) is 2.67. The second-order valence-corrected chi connectivity index (χ2v) is 7.90. The molecule has 0 fully saturated rings. The number of rotatable bonds is 6. The van der Waals surface area contributed by atoms with Crippen molar-refractivity contribution in [1.82, 2.24) is 5.32 Å². The first-order chi connectivity index (χ1) is 10.7. The van der Waals surface area contributed by atoms with E-state index in [1.165, 1.54) is 7.11 Å². The van der Waals surface area contributed by atoms with Crippen LogP contribution in [-0.4, -0.2) is 36.6 Å². The minimum atomic E-state index is -0.724. The van der Waals surface area contributed by atoms with E-state index >= 15 is 0 Å². The number of methoxy groups -OCH3 is 1. The van der Waals surface area contributed by atoms with Gasteiger partial charge in [-0.2, -0.15) is 0 Å². The molecule has 0 aliphatic carbocycles. The maximum absolute atomic E-state index is 11.8. The highest BCUT2D eigenvalue weighted by atomic mass is 79.9. The molecule has 0 heterocycles. The van der Waals surface area contributed by atoms with Crippen LogP contribution >= 0.6 is 27.7 Å². The quantitative estimate of drug-likeness (QED) is 0.574. The van der Waals surface area contributed by atoms with Crippen LogP contribution in [0.5, 0.6) is 0 Å². The lowest BCUT2D eigenvalue weighted by Crippen LogP contribution is -2.44. The first-order valence-corrected chi connectivity index (χ1v) is 8.95. The van der Waals surface area contributed by atoms with Gasteiger partial charge in [-0.3, -0.25) is 0 Å². The Morgan fingerprint density at radius 3 is 2.39 bits per heavy atom. The average Bonchev–Trinajstić information content (AvgIpc) is 2.45. The Kier molecular flexibility index (Phi) is 7.91. The van der Waals surface area contributed by atoms with Crippen LogP contribution in [-0.2, 0) is 14.3 Å². The van der Waals surface area contributed by atoms with E-state index in [9.17, 15) is 9.59 Å². The minimum Gasteiger partial charge on any atom is -0.467 e. The molecule has 23 heavy (non-hydrogen) atoms. The molecular weight excluding hydrogens is 382 g/mol. The van der Waals surface area contributed by atoms with Gasteiger partial charge in [-0.05, 0) is 51.5 Å². The number of halogens is 1. The summed E-state index contributed by atoms with van der Waals surface area (Å²) in [6.07, 6.45) is -0.173. The zero-order valence-corrected chi connectivity index (χ0v) is 16.1. The Hall–Kier alpha value is -1.21. The fourth-order valence-corrected chi connectivity index (χ4v) is 2.85. The number of benzene rings is 1. The maximum Gasteiger partial charge on any atom is 0.408 e. The fraction of sp³-hybridized carbons (Fsp3) is 0.500. The molecule has 0 aliphatic heterocycles. The van der Waals surface area contributed by atoms with Gasteiger partial charge >= 0.3 is 12.1 Å². The highest BCUT2D eigenvalue weighted by Gasteiger charge is 2.24. The summed E-state index contributed by atoms with van der Waals surface area (Å²) in [5.74, 6) is 0.185. The molecule has 128 valence electrons. The SMILES string of the molecule is COC(=O)[C@H](CCSc1ccc(Br)cc1)NC(=O)OC(C)(C)C. The Balaban J connectivity index is 2.52. The molecule has 1 amide bonds. The van der Waals surface area contributed by atoms with Crippen molar-refractivity contribution in [3.63, 3.8) is 0 Å². The van der Waals surface area contributed by atoms with Gasteiger partial charge in [0.1, 0.15) is 11.6 Å². The molecule has 1 N–H and O–H groups in total. The molecule has 0 aliphatic rings. The van der Waals surface area contributed by atoms with Crippen LogP contribution in [0.2, 0.25) is 0 Å². The number of hydrogen-bond acceptors (Lipinski definition) is 5. The largest absolute Gasteiger partial charge is 0.467 e. The van der Waals surface area contributed by atoms with Crippen LogP contribution in [0, 0.1) is 0 Å². The number of carbonyl (C=O) groups is 2. The van der Waals surface area contributed by atoms with Crippen LogP contribution in [0.1, 0.15) is 27.2 Å². The number of ether oxygens (including phenoxy) is 2. The molecule has 0 unspecified atom stereocenters. The van der Waals surface area contributed by atoms with Crippen LogP contribution < -0.4 is 5.32 Å². The predicted molar refractivity (Wildman–Crippen MR) is 94.7 cm³/mol. The van der Waals surface area contributed by atoms with E-state index in [1.54, 1.807) is 32.5 Å². The maximum atomic E-state index is 11.8. The van der Waals surface area contributed by atoms with E-state index in [-0.39, 0.29) is 0 Å². The van der Waals surface area contributed by atoms with Gasteiger partial charge in [-0.1, -0.05) is 15.9 Å². The molecule has 0 bridgehead atoms. The molecule has 0 saturated heterocycles. The molecular formula is C16H22BrNO4S. The molecule has 0 spiro atoms. The lowest BCUT2D eigenvalue weighted by molar-refractivity contribution is -0.143. The van der Waals surface area contributed by atoms with Crippen molar-refractivity contribution in [2.45, 2.75) is 43.7 Å². The van der Waals surface area contributed by atoms with Crippen LogP contribution in [0.25, 0.3) is 0 Å². The third kappa shape index (κ3) is 8.27. The van der Waals surface area contributed by atoms with Gasteiger partial charge in [0.05, 0.1) is 7.11 Å². The van der Waals surface area contributed by atoms with Gasteiger partial charge in [-0.25, -0.2) is 9.59 Å². The lowest BCUT2D eigenvalue weighted by atomic mass is 10.2. The smallest absolute Gasteiger partial charge is 0.408 e. The summed E-state index contributed by atoms with van der Waals surface area (Å²) in [5, 5.41) is 2.56. The van der Waals surface area contributed by atoms with Crippen molar-refractivity contribution in [2.75, 3.05) is 12.9 Å². The van der Waals surface area contributed by atoms with Crippen molar-refractivity contribution in [2.24, 2.45) is 0 Å². The number of esters is 1. The number of nitrogens with one attached hydrogen (secondary N) is 1. The van der Waals surface area contributed by atoms with Gasteiger partial charge in [-0.15, -0.1) is 11.8 Å². The van der Waals surface area contributed by atoms with Crippen molar-refractivity contribution in [1.29, 1.82) is 0 Å². The molecule has 0 radical (unpaired) electrons. The molecule has 1 aromatic carbocycles. The molecule has 0 aromatic heterocycles. The summed E-state index contributed by atoms with van der Waals surface area (Å²) in [4.78, 5) is 24.7. The number of carbonyl (C=O) groups excluding carboxylic acids is 2. The highest BCUT2D eigenvalue weighted by Crippen LogP contribution is 2.22. The first kappa shape index (κ1) is 19.8. The standard InChI is InChI=1S/C16H22BrNO4S/c1-16(2,3)22-15(20)18-13(14(19)21-4)9-10-23-12-7-5-11(17)6-8-12/h5-8,13H,9-10H2,1-4H3,(H,18,20)/t13-/m0/s1. The number of amides is 1. The van der Waals surface area contributed by atoms with Crippen molar-refractivity contribution < 1.29 is 19.1 Å². The Bertz CT molecular complexity index is 528. The van der Waals surface area contributed by atoms with E-state index in [4.69, 9.17) is 9.47 Å². The monoisotopic (exact) mass is 403 g/mol. The topological polar surface area (TPSA) is 64.6 Å². The Morgan fingerprint density at radius 2 is 1.87 bits per heavy atom. The van der Waals surface area contributed by atoms with Gasteiger partial charge in [0.25, 0.3) is 0 Å². The molecule has 5 nitrogen and oxygen atoms in total. The molecule has 7 heteroatoms. The zero-order valence-electron chi connectivity index (χ0n) is 13.7. The predicted octanol–water partition coefficient (Wildman–Crippen LogP) is 4.00. The summed E-state index contributed by atoms with van der Waals surface area (Å²) < 4.78 is 10.9. The summed E-state index contributed by atoms with van der Waals surface area (Å²) in [6, 6.07) is 7.17. The van der Waals surface area contributed by atoms with Crippen molar-refractivity contribution >= 4 is 39.8 Å². The van der Waals surface area contributed by atoms with Gasteiger partial charge < -0.3 is 14.8 Å². The van der Waals surface area contributed by atoms with E-state index in [0.717, 1.165) is 9.37 Å². The highest BCUT2D eigenvalue weighted by molar-refractivity contribution is 9.10. The van der Waals surface area contributed by atoms with E-state index in [0.29, 0.717) is 12.2 Å². The van der Waals surface area contributed by atoms with Crippen LogP contribution in [0.3, 0.4) is 0 Å². The molecule has 1 atom stereocenters. The number of thioether (sulfide) groups is 1. The van der Waals surface area contributed by atoms with Crippen molar-refractivity contribution in [3.05, 3.63) is 28.7 Å². The second-order valence-electron chi connectivity index (χ2n) is 5.81. The minimum absolute atomic E-state index is 0.451. The van der Waals surface area contributed by atoms with Crippen molar-refractivity contribution in [3.8, 4) is 0 Å². The zero-order chi connectivity index (χ0) is 17.5. The molecule has 0 saturated carbocycles. The lowest BCUT2D eigenvalue weighted by Gasteiger charge is -2.22. The first-order valence-electron chi connectivity index (χ1n) is 7.17. The van der Waals surface area contributed by atoms with Crippen LogP contribution in [0.4, 0.5) is 4.79 Å². The molecule has 1 aromatic rings. The summed E-state index contributed by atoms with van der Waals surface area (Å²) in [6.45, 7) is 5.30. The van der Waals surface area contributed by atoms with Gasteiger partial charge in [0, 0.05) is 15.1 Å². The number of hydrogen-bond donors (Lipinski definition) is 1. The Labute approximate surface area is 149 Å². The summed E-state index contributed by atoms with van der Waals surface area (Å²) in [5.41, 5.74) is -0.614. The fourth-order valence-electron chi connectivity index (χ4n) is 1.67. The van der Waals surface area contributed by atoms with Gasteiger partial charge in [0.15, 0.2) is 0 Å². The molecule has 1 rings (SSSR count). The second kappa shape index (κ2) is 9.17. The number of alkyl carbamates (subject to hydrolysis) is 1. The van der Waals surface area contributed by atoms with E-state index < -0.39 is 23.7 Å². The van der Waals surface area contributed by atoms with Crippen LogP contribution in [0.15, 0.2) is 33.6 Å². The average molecular weight is 404 g/mol. The van der Waals surface area contributed by atoms with E-state index in [1.807, 2.05) is 24.3 Å². The normalized spacial score (nSPS) is 12.4.